The molecule has 0 bridgehead atoms. The van der Waals surface area contributed by atoms with Crippen LogP contribution in [0.4, 0.5) is 0 Å². The predicted octanol–water partition coefficient (Wildman–Crippen LogP) is 1.17. The van der Waals surface area contributed by atoms with E-state index in [4.69, 9.17) is 4.74 Å². The van der Waals surface area contributed by atoms with Crippen molar-refractivity contribution in [3.8, 4) is 11.8 Å². The van der Waals surface area contributed by atoms with Crippen molar-refractivity contribution in [2.24, 2.45) is 11.8 Å². The van der Waals surface area contributed by atoms with Crippen molar-refractivity contribution in [2.75, 3.05) is 6.61 Å². The average Bonchev–Trinajstić information content (AvgIpc) is 2.46. The van der Waals surface area contributed by atoms with Gasteiger partial charge in [0.15, 0.2) is 6.61 Å². The number of carbonyl (C=O) groups excluding carboxylic acids is 2. The second kappa shape index (κ2) is 4.80. The van der Waals surface area contributed by atoms with Gasteiger partial charge in [-0.15, -0.1) is 5.92 Å². The molecule has 2 unspecified atom stereocenters. The molecular weight excluding hydrogens is 180 g/mol. The summed E-state index contributed by atoms with van der Waals surface area (Å²) in [4.78, 5) is 22.8. The number of ketones is 1. The fourth-order valence-electron chi connectivity index (χ4n) is 1.64. The maximum Gasteiger partial charge on any atom is 0.317 e. The van der Waals surface area contributed by atoms with Crippen molar-refractivity contribution < 1.29 is 14.3 Å². The molecule has 1 fully saturated rings. The normalized spacial score (nSPS) is 25.4. The van der Waals surface area contributed by atoms with Crippen molar-refractivity contribution in [2.45, 2.75) is 26.7 Å². The molecule has 1 aliphatic carbocycles. The molecule has 1 saturated carbocycles. The molecule has 2 atom stereocenters. The maximum absolute atomic E-state index is 11.4. The number of hydrogen-bond acceptors (Lipinski definition) is 3. The Hall–Kier alpha value is -1.30. The molecule has 76 valence electrons. The van der Waals surface area contributed by atoms with Crippen molar-refractivity contribution >= 4 is 11.8 Å². The summed E-state index contributed by atoms with van der Waals surface area (Å²) in [5.74, 6) is 4.41. The minimum atomic E-state index is -0.548. The van der Waals surface area contributed by atoms with Crippen LogP contribution in [0.15, 0.2) is 0 Å². The Balaban J connectivity index is 2.49. The smallest absolute Gasteiger partial charge is 0.317 e. The highest BCUT2D eigenvalue weighted by atomic mass is 16.5. The second-order valence-electron chi connectivity index (χ2n) is 3.49. The molecule has 0 N–H and O–H groups in total. The van der Waals surface area contributed by atoms with E-state index in [1.165, 1.54) is 0 Å². The first-order valence-corrected chi connectivity index (χ1v) is 4.75. The topological polar surface area (TPSA) is 43.4 Å². The molecule has 0 aromatic carbocycles. The van der Waals surface area contributed by atoms with Gasteiger partial charge in [0, 0.05) is 6.42 Å². The van der Waals surface area contributed by atoms with Gasteiger partial charge in [0.1, 0.15) is 11.7 Å². The minimum absolute atomic E-state index is 0.00644. The summed E-state index contributed by atoms with van der Waals surface area (Å²) in [7, 11) is 0. The highest BCUT2D eigenvalue weighted by molar-refractivity contribution is 6.00. The molecule has 0 spiro atoms. The fourth-order valence-corrected chi connectivity index (χ4v) is 1.64. The highest BCUT2D eigenvalue weighted by Crippen LogP contribution is 2.28. The quantitative estimate of drug-likeness (QED) is 0.376. The van der Waals surface area contributed by atoms with Crippen LogP contribution < -0.4 is 0 Å². The van der Waals surface area contributed by atoms with E-state index in [1.54, 1.807) is 6.92 Å². The lowest BCUT2D eigenvalue weighted by Gasteiger charge is -2.11. The van der Waals surface area contributed by atoms with E-state index >= 15 is 0 Å². The molecule has 0 saturated heterocycles. The lowest BCUT2D eigenvalue weighted by atomic mass is 9.98. The summed E-state index contributed by atoms with van der Waals surface area (Å²) in [6, 6.07) is 0. The predicted molar refractivity (Wildman–Crippen MR) is 51.3 cm³/mol. The summed E-state index contributed by atoms with van der Waals surface area (Å²) in [5.41, 5.74) is 0. The van der Waals surface area contributed by atoms with Crippen molar-refractivity contribution in [3.05, 3.63) is 0 Å². The van der Waals surface area contributed by atoms with Gasteiger partial charge in [0.25, 0.3) is 0 Å². The van der Waals surface area contributed by atoms with E-state index < -0.39 is 11.9 Å². The maximum atomic E-state index is 11.4. The van der Waals surface area contributed by atoms with Gasteiger partial charge >= 0.3 is 5.97 Å². The Morgan fingerprint density at radius 1 is 1.64 bits per heavy atom. The number of Topliss-reactive ketones (excluding diaryl/α,β-unsaturated/α-hetero) is 1. The van der Waals surface area contributed by atoms with Crippen LogP contribution in [0.5, 0.6) is 0 Å². The van der Waals surface area contributed by atoms with Gasteiger partial charge in [-0.25, -0.2) is 0 Å². The largest absolute Gasteiger partial charge is 0.452 e. The molecule has 0 amide bonds. The molecule has 3 nitrogen and oxygen atoms in total. The number of carbonyl (C=O) groups is 2. The molecule has 0 radical (unpaired) electrons. The third-order valence-electron chi connectivity index (χ3n) is 2.48. The zero-order chi connectivity index (χ0) is 10.6. The summed E-state index contributed by atoms with van der Waals surface area (Å²) in [6.45, 7) is 3.67. The van der Waals surface area contributed by atoms with Crippen LogP contribution in [0.2, 0.25) is 0 Å². The van der Waals surface area contributed by atoms with E-state index in [0.29, 0.717) is 6.42 Å². The first-order chi connectivity index (χ1) is 6.66. The van der Waals surface area contributed by atoms with Gasteiger partial charge < -0.3 is 4.74 Å². The van der Waals surface area contributed by atoms with Crippen LogP contribution in [-0.2, 0) is 14.3 Å². The number of hydrogen-bond donors (Lipinski definition) is 0. The van der Waals surface area contributed by atoms with Gasteiger partial charge in [-0.05, 0) is 19.3 Å². The van der Waals surface area contributed by atoms with Gasteiger partial charge in [0.2, 0.25) is 0 Å². The summed E-state index contributed by atoms with van der Waals surface area (Å²) < 4.78 is 4.87. The number of ether oxygens (including phenoxy) is 1. The van der Waals surface area contributed by atoms with Crippen LogP contribution >= 0.6 is 0 Å². The molecule has 14 heavy (non-hydrogen) atoms. The van der Waals surface area contributed by atoms with E-state index in [9.17, 15) is 9.59 Å². The average molecular weight is 194 g/mol. The van der Waals surface area contributed by atoms with Gasteiger partial charge in [-0.2, -0.15) is 0 Å². The van der Waals surface area contributed by atoms with Crippen LogP contribution in [0, 0.1) is 23.7 Å². The van der Waals surface area contributed by atoms with Gasteiger partial charge in [-0.3, -0.25) is 9.59 Å². The molecule has 1 aliphatic rings. The zero-order valence-corrected chi connectivity index (χ0v) is 8.50. The van der Waals surface area contributed by atoms with E-state index in [2.05, 4.69) is 11.8 Å². The zero-order valence-electron chi connectivity index (χ0n) is 8.50. The number of rotatable bonds is 2. The Morgan fingerprint density at radius 2 is 2.36 bits per heavy atom. The van der Waals surface area contributed by atoms with Crippen molar-refractivity contribution in [1.29, 1.82) is 0 Å². The molecular formula is C11H14O3. The first kappa shape index (κ1) is 10.8. The molecule has 0 heterocycles. The van der Waals surface area contributed by atoms with Crippen LogP contribution in [-0.4, -0.2) is 18.4 Å². The third-order valence-corrected chi connectivity index (χ3v) is 2.48. The minimum Gasteiger partial charge on any atom is -0.452 e. The van der Waals surface area contributed by atoms with Gasteiger partial charge in [-0.1, -0.05) is 12.8 Å². The Bertz CT molecular complexity index is 295. The molecule has 0 aliphatic heterocycles. The molecule has 3 heteroatoms. The first-order valence-electron chi connectivity index (χ1n) is 4.75. The van der Waals surface area contributed by atoms with Gasteiger partial charge in [0.05, 0.1) is 0 Å². The van der Waals surface area contributed by atoms with E-state index in [0.717, 1.165) is 6.42 Å². The third kappa shape index (κ3) is 2.35. The van der Waals surface area contributed by atoms with Crippen LogP contribution in [0.1, 0.15) is 26.7 Å². The monoisotopic (exact) mass is 194 g/mol. The summed E-state index contributed by atoms with van der Waals surface area (Å²) in [5, 5.41) is 0. The highest BCUT2D eigenvalue weighted by Gasteiger charge is 2.38. The Morgan fingerprint density at radius 3 is 2.86 bits per heavy atom. The fraction of sp³-hybridized carbons (Fsp3) is 0.636. The molecule has 0 aromatic rings. The summed E-state index contributed by atoms with van der Waals surface area (Å²) >= 11 is 0. The van der Waals surface area contributed by atoms with Crippen molar-refractivity contribution in [1.82, 2.24) is 0 Å². The Kier molecular flexibility index (Phi) is 3.70. The summed E-state index contributed by atoms with van der Waals surface area (Å²) in [6.07, 6.45) is 1.29. The van der Waals surface area contributed by atoms with Crippen LogP contribution in [0.25, 0.3) is 0 Å². The lowest BCUT2D eigenvalue weighted by Crippen LogP contribution is -2.25. The SMILES string of the molecule is CC#CCOC(=O)C1C(=O)CCC1C. The molecule has 1 rings (SSSR count). The standard InChI is InChI=1S/C11H14O3/c1-3-4-7-14-11(13)10-8(2)5-6-9(10)12/h8,10H,5-7H2,1-2H3. The van der Waals surface area contributed by atoms with Crippen LogP contribution in [0.3, 0.4) is 0 Å². The van der Waals surface area contributed by atoms with Crippen molar-refractivity contribution in [3.63, 3.8) is 0 Å². The molecule has 0 aromatic heterocycles. The number of esters is 1. The second-order valence-corrected chi connectivity index (χ2v) is 3.49. The van der Waals surface area contributed by atoms with E-state index in [-0.39, 0.29) is 18.3 Å². The lowest BCUT2D eigenvalue weighted by molar-refractivity contribution is -0.150. The Labute approximate surface area is 83.8 Å². The van der Waals surface area contributed by atoms with E-state index in [1.807, 2.05) is 6.92 Å².